The van der Waals surface area contributed by atoms with Crippen molar-refractivity contribution in [1.82, 2.24) is 9.97 Å². The first-order valence-corrected chi connectivity index (χ1v) is 3.87. The van der Waals surface area contributed by atoms with Crippen LogP contribution in [0.15, 0.2) is 25.0 Å². The average molecular weight is 199 g/mol. The van der Waals surface area contributed by atoms with Crippen LogP contribution in [0.25, 0.3) is 0 Å². The van der Waals surface area contributed by atoms with Crippen molar-refractivity contribution < 1.29 is 9.53 Å². The summed E-state index contributed by atoms with van der Waals surface area (Å²) < 4.78 is 4.71. The van der Waals surface area contributed by atoms with Gasteiger partial charge in [0.15, 0.2) is 5.69 Å². The lowest BCUT2D eigenvalue weighted by Gasteiger charge is -1.99. The average Bonchev–Trinajstić information content (AvgIpc) is 2.15. The van der Waals surface area contributed by atoms with Gasteiger partial charge in [0, 0.05) is 0 Å². The molecule has 0 bridgehead atoms. The Morgan fingerprint density at radius 1 is 1.62 bits per heavy atom. The topological polar surface area (TPSA) is 52.1 Å². The fourth-order valence-corrected chi connectivity index (χ4v) is 0.724. The highest BCUT2D eigenvalue weighted by atomic mass is 35.5. The van der Waals surface area contributed by atoms with E-state index in [-0.39, 0.29) is 17.5 Å². The Bertz CT molecular complexity index is 310. The predicted molar refractivity (Wildman–Crippen MR) is 47.5 cm³/mol. The van der Waals surface area contributed by atoms with Crippen molar-refractivity contribution in [1.29, 1.82) is 0 Å². The zero-order valence-corrected chi connectivity index (χ0v) is 7.49. The van der Waals surface area contributed by atoms with Crippen molar-refractivity contribution in [2.24, 2.45) is 0 Å². The van der Waals surface area contributed by atoms with E-state index in [0.717, 1.165) is 0 Å². The summed E-state index contributed by atoms with van der Waals surface area (Å²) in [5.41, 5.74) is 0.131. The van der Waals surface area contributed by atoms with Crippen LogP contribution >= 0.6 is 11.6 Å². The van der Waals surface area contributed by atoms with Gasteiger partial charge in [-0.1, -0.05) is 24.3 Å². The van der Waals surface area contributed by atoms with Crippen molar-refractivity contribution >= 4 is 17.6 Å². The molecular formula is C8H7ClN2O2. The highest BCUT2D eigenvalue weighted by Gasteiger charge is 2.07. The van der Waals surface area contributed by atoms with Crippen LogP contribution in [0.4, 0.5) is 0 Å². The summed E-state index contributed by atoms with van der Waals surface area (Å²) in [6, 6.07) is 0. The van der Waals surface area contributed by atoms with Crippen molar-refractivity contribution in [2.75, 3.05) is 6.61 Å². The number of esters is 1. The second-order valence-electron chi connectivity index (χ2n) is 2.11. The Kier molecular flexibility index (Phi) is 3.40. The monoisotopic (exact) mass is 198 g/mol. The van der Waals surface area contributed by atoms with E-state index in [1.807, 2.05) is 0 Å². The number of hydrogen-bond donors (Lipinski definition) is 0. The van der Waals surface area contributed by atoms with Crippen LogP contribution in [-0.4, -0.2) is 22.5 Å². The molecule has 0 atom stereocenters. The molecule has 1 aromatic rings. The van der Waals surface area contributed by atoms with E-state index < -0.39 is 5.97 Å². The summed E-state index contributed by atoms with van der Waals surface area (Å²) in [5.74, 6) is -0.538. The van der Waals surface area contributed by atoms with Gasteiger partial charge in [0.1, 0.15) is 11.8 Å². The Balaban J connectivity index is 2.66. The quantitative estimate of drug-likeness (QED) is 0.545. The van der Waals surface area contributed by atoms with Crippen LogP contribution in [0, 0.1) is 0 Å². The van der Waals surface area contributed by atoms with E-state index in [1.165, 1.54) is 18.5 Å². The summed E-state index contributed by atoms with van der Waals surface area (Å²) in [6.07, 6.45) is 4.01. The van der Waals surface area contributed by atoms with E-state index in [4.69, 9.17) is 16.3 Å². The number of carbonyl (C=O) groups excluding carboxylic acids is 1. The highest BCUT2D eigenvalue weighted by Crippen LogP contribution is 2.02. The Morgan fingerprint density at radius 2 is 2.38 bits per heavy atom. The first-order chi connectivity index (χ1) is 6.24. The largest absolute Gasteiger partial charge is 0.457 e. The van der Waals surface area contributed by atoms with E-state index in [1.54, 1.807) is 0 Å². The summed E-state index contributed by atoms with van der Waals surface area (Å²) in [6.45, 7) is 3.56. The molecule has 0 aliphatic carbocycles. The van der Waals surface area contributed by atoms with E-state index in [2.05, 4.69) is 16.5 Å². The summed E-state index contributed by atoms with van der Waals surface area (Å²) >= 11 is 5.48. The lowest BCUT2D eigenvalue weighted by Crippen LogP contribution is -2.07. The third-order valence-electron chi connectivity index (χ3n) is 1.16. The van der Waals surface area contributed by atoms with E-state index in [0.29, 0.717) is 0 Å². The van der Waals surface area contributed by atoms with Gasteiger partial charge in [0.25, 0.3) is 0 Å². The number of rotatable bonds is 3. The molecule has 0 N–H and O–H groups in total. The number of hydrogen-bond acceptors (Lipinski definition) is 4. The van der Waals surface area contributed by atoms with Crippen molar-refractivity contribution in [2.45, 2.75) is 0 Å². The van der Waals surface area contributed by atoms with Crippen LogP contribution in [0.1, 0.15) is 10.5 Å². The molecule has 1 aromatic heterocycles. The lowest BCUT2D eigenvalue weighted by molar-refractivity contribution is 0.0542. The fourth-order valence-electron chi connectivity index (χ4n) is 0.626. The minimum absolute atomic E-state index is 0.131. The molecule has 0 saturated heterocycles. The molecule has 0 spiro atoms. The van der Waals surface area contributed by atoms with Crippen LogP contribution < -0.4 is 0 Å². The van der Waals surface area contributed by atoms with E-state index in [9.17, 15) is 4.79 Å². The molecule has 0 aliphatic heterocycles. The maximum absolute atomic E-state index is 11.1. The third-order valence-corrected chi connectivity index (χ3v) is 1.36. The van der Waals surface area contributed by atoms with E-state index >= 15 is 0 Å². The molecule has 5 heteroatoms. The minimum Gasteiger partial charge on any atom is -0.457 e. The first-order valence-electron chi connectivity index (χ1n) is 3.49. The molecule has 0 saturated carbocycles. The number of aromatic nitrogens is 2. The predicted octanol–water partition coefficient (Wildman–Crippen LogP) is 1.47. The number of carbonyl (C=O) groups is 1. The lowest BCUT2D eigenvalue weighted by atomic mass is 10.4. The number of ether oxygens (including phenoxy) is 1. The number of nitrogens with zero attached hydrogens (tertiary/aromatic N) is 2. The van der Waals surface area contributed by atoms with Crippen LogP contribution in [-0.2, 0) is 4.74 Å². The third kappa shape index (κ3) is 2.83. The highest BCUT2D eigenvalue weighted by molar-refractivity contribution is 6.29. The molecule has 4 nitrogen and oxygen atoms in total. The molecule has 0 fully saturated rings. The van der Waals surface area contributed by atoms with Gasteiger partial charge in [-0.2, -0.15) is 0 Å². The first kappa shape index (κ1) is 9.67. The van der Waals surface area contributed by atoms with Crippen molar-refractivity contribution in [3.63, 3.8) is 0 Å². The van der Waals surface area contributed by atoms with Crippen LogP contribution in [0.5, 0.6) is 0 Å². The minimum atomic E-state index is -0.538. The molecule has 1 heterocycles. The molecule has 0 radical (unpaired) electrons. The Labute approximate surface area is 80.2 Å². The summed E-state index contributed by atoms with van der Waals surface area (Å²) in [5, 5.41) is 0.236. The molecule has 0 unspecified atom stereocenters. The molecular weight excluding hydrogens is 192 g/mol. The Hall–Kier alpha value is -1.42. The Morgan fingerprint density at radius 3 is 2.92 bits per heavy atom. The fraction of sp³-hybridized carbons (Fsp3) is 0.125. The molecule has 68 valence electrons. The van der Waals surface area contributed by atoms with Crippen LogP contribution in [0.2, 0.25) is 5.15 Å². The zero-order chi connectivity index (χ0) is 9.68. The maximum atomic E-state index is 11.1. The smallest absolute Gasteiger partial charge is 0.358 e. The van der Waals surface area contributed by atoms with Gasteiger partial charge in [-0.3, -0.25) is 0 Å². The summed E-state index contributed by atoms with van der Waals surface area (Å²) in [4.78, 5) is 18.5. The van der Waals surface area contributed by atoms with Crippen LogP contribution in [0.3, 0.4) is 0 Å². The van der Waals surface area contributed by atoms with Gasteiger partial charge in [0.2, 0.25) is 0 Å². The second kappa shape index (κ2) is 4.57. The molecule has 0 aliphatic rings. The van der Waals surface area contributed by atoms with Gasteiger partial charge >= 0.3 is 5.97 Å². The summed E-state index contributed by atoms with van der Waals surface area (Å²) in [7, 11) is 0. The molecule has 0 amide bonds. The maximum Gasteiger partial charge on any atom is 0.358 e. The van der Waals surface area contributed by atoms with Crippen molar-refractivity contribution in [3.05, 3.63) is 35.9 Å². The van der Waals surface area contributed by atoms with Gasteiger partial charge in [-0.25, -0.2) is 14.8 Å². The second-order valence-corrected chi connectivity index (χ2v) is 2.50. The standard InChI is InChI=1S/C8H7ClN2O2/c1-2-3-13-8(12)6-4-11-7(9)5-10-6/h2,4-5H,1,3H2. The molecule has 13 heavy (non-hydrogen) atoms. The molecule has 1 rings (SSSR count). The van der Waals surface area contributed by atoms with Gasteiger partial charge < -0.3 is 4.74 Å². The number of halogens is 1. The van der Waals surface area contributed by atoms with Gasteiger partial charge in [-0.15, -0.1) is 0 Å². The van der Waals surface area contributed by atoms with Gasteiger partial charge in [0.05, 0.1) is 12.4 Å². The zero-order valence-electron chi connectivity index (χ0n) is 6.74. The van der Waals surface area contributed by atoms with Gasteiger partial charge in [-0.05, 0) is 0 Å². The normalized spacial score (nSPS) is 9.31. The molecule has 0 aromatic carbocycles. The van der Waals surface area contributed by atoms with Crippen molar-refractivity contribution in [3.8, 4) is 0 Å². The SMILES string of the molecule is C=CCOC(=O)c1cnc(Cl)cn1.